The summed E-state index contributed by atoms with van der Waals surface area (Å²) in [4.78, 5) is 2.18. The fourth-order valence-electron chi connectivity index (χ4n) is 0.447. The van der Waals surface area contributed by atoms with Crippen LogP contribution in [-0.4, -0.2) is 32.6 Å². The van der Waals surface area contributed by atoms with Gasteiger partial charge in [0.25, 0.3) is 0 Å². The molecule has 0 bridgehead atoms. The van der Waals surface area contributed by atoms with Gasteiger partial charge in [-0.1, -0.05) is 6.92 Å². The lowest BCUT2D eigenvalue weighted by molar-refractivity contribution is 0.408. The van der Waals surface area contributed by atoms with Crippen LogP contribution in [0.3, 0.4) is 0 Å². The Labute approximate surface area is 52.7 Å². The Morgan fingerprint density at radius 1 is 1.25 bits per heavy atom. The zero-order valence-electron chi connectivity index (χ0n) is 6.44. The summed E-state index contributed by atoms with van der Waals surface area (Å²) >= 11 is 0. The second-order valence-electron chi connectivity index (χ2n) is 1.80. The van der Waals surface area contributed by atoms with Gasteiger partial charge in [0, 0.05) is 0 Å². The van der Waals surface area contributed by atoms with Gasteiger partial charge in [-0.3, -0.25) is 0 Å². The first-order valence-electron chi connectivity index (χ1n) is 3.00. The molecule has 2 nitrogen and oxygen atoms in total. The van der Waals surface area contributed by atoms with Gasteiger partial charge in [0.05, 0.1) is 0 Å². The van der Waals surface area contributed by atoms with Crippen LogP contribution in [0.25, 0.3) is 0 Å². The van der Waals surface area contributed by atoms with Gasteiger partial charge in [-0.15, -0.1) is 0 Å². The molecule has 0 unspecified atom stereocenters. The smallest absolute Gasteiger partial charge is 0.00275 e. The average Bonchev–Trinajstić information content (AvgIpc) is 1.72. The zero-order valence-corrected chi connectivity index (χ0v) is 6.44. The molecule has 0 aromatic heterocycles. The summed E-state index contributed by atoms with van der Waals surface area (Å²) in [5.41, 5.74) is 4.50. The van der Waals surface area contributed by atoms with Crippen LogP contribution in [0.5, 0.6) is 0 Å². The lowest BCUT2D eigenvalue weighted by Gasteiger charge is -2.03. The molecule has 0 atom stereocenters. The van der Waals surface area contributed by atoms with Crippen molar-refractivity contribution in [1.82, 2.24) is 4.90 Å². The fourth-order valence-corrected chi connectivity index (χ4v) is 0.447. The monoisotopic (exact) mass is 118 g/mol. The minimum Gasteiger partial charge on any atom is -0.333 e. The van der Waals surface area contributed by atoms with Gasteiger partial charge in [0.2, 0.25) is 0 Å². The molecule has 0 aromatic carbocycles. The van der Waals surface area contributed by atoms with Crippen LogP contribution in [0.1, 0.15) is 13.3 Å². The number of hydrogen-bond acceptors (Lipinski definition) is 2. The predicted octanol–water partition coefficient (Wildman–Crippen LogP) is 0.533. The van der Waals surface area contributed by atoms with E-state index in [0.717, 1.165) is 0 Å². The van der Waals surface area contributed by atoms with Crippen LogP contribution >= 0.6 is 0 Å². The SMILES string of the molecule is CCCN(C)C.CN. The summed E-state index contributed by atoms with van der Waals surface area (Å²) in [6, 6.07) is 0. The Kier molecular flexibility index (Phi) is 13.6. The van der Waals surface area contributed by atoms with E-state index in [4.69, 9.17) is 0 Å². The summed E-state index contributed by atoms with van der Waals surface area (Å²) in [5, 5.41) is 0. The molecule has 0 heterocycles. The Balaban J connectivity index is 0. The number of nitrogens with two attached hydrogens (primary N) is 1. The van der Waals surface area contributed by atoms with Crippen LogP contribution in [0, 0.1) is 0 Å². The molecule has 0 saturated carbocycles. The maximum Gasteiger partial charge on any atom is -0.00275 e. The van der Waals surface area contributed by atoms with E-state index in [1.807, 2.05) is 0 Å². The third-order valence-corrected chi connectivity index (χ3v) is 0.671. The Morgan fingerprint density at radius 3 is 1.62 bits per heavy atom. The molecule has 0 rings (SSSR count). The predicted molar refractivity (Wildman–Crippen MR) is 39.0 cm³/mol. The molecule has 0 amide bonds. The van der Waals surface area contributed by atoms with Crippen LogP contribution in [0.4, 0.5) is 0 Å². The molecule has 0 spiro atoms. The molecule has 2 heteroatoms. The standard InChI is InChI=1S/C5H13N.CH5N/c1-4-5-6(2)3;1-2/h4-5H2,1-3H3;2H2,1H3. The molecule has 0 radical (unpaired) electrons. The zero-order chi connectivity index (χ0) is 6.99. The first-order valence-corrected chi connectivity index (χ1v) is 3.00. The molecule has 8 heavy (non-hydrogen) atoms. The van der Waals surface area contributed by atoms with Crippen LogP contribution in [0.15, 0.2) is 0 Å². The molecule has 0 aliphatic heterocycles. The number of nitrogens with zero attached hydrogens (tertiary/aromatic N) is 1. The summed E-state index contributed by atoms with van der Waals surface area (Å²) in [7, 11) is 5.67. The highest BCUT2D eigenvalue weighted by molar-refractivity contribution is 4.34. The Hall–Kier alpha value is -0.0800. The van der Waals surface area contributed by atoms with Crippen molar-refractivity contribution in [2.75, 3.05) is 27.7 Å². The molecule has 0 aromatic rings. The summed E-state index contributed by atoms with van der Waals surface area (Å²) in [6.45, 7) is 3.39. The van der Waals surface area contributed by atoms with Crippen molar-refractivity contribution in [3.8, 4) is 0 Å². The molecule has 52 valence electrons. The Morgan fingerprint density at radius 2 is 1.62 bits per heavy atom. The van der Waals surface area contributed by atoms with Crippen molar-refractivity contribution >= 4 is 0 Å². The Bertz CT molecular complexity index is 27.7. The van der Waals surface area contributed by atoms with Crippen molar-refractivity contribution in [3.05, 3.63) is 0 Å². The first-order chi connectivity index (χ1) is 3.77. The van der Waals surface area contributed by atoms with Crippen molar-refractivity contribution in [2.24, 2.45) is 5.73 Å². The molecule has 0 saturated heterocycles. The van der Waals surface area contributed by atoms with E-state index in [2.05, 4.69) is 31.7 Å². The van der Waals surface area contributed by atoms with E-state index in [0.29, 0.717) is 0 Å². The van der Waals surface area contributed by atoms with Gasteiger partial charge in [-0.05, 0) is 34.1 Å². The van der Waals surface area contributed by atoms with Crippen molar-refractivity contribution in [2.45, 2.75) is 13.3 Å². The molecule has 0 aliphatic rings. The fraction of sp³-hybridized carbons (Fsp3) is 1.00. The normalized spacial score (nSPS) is 8.25. The van der Waals surface area contributed by atoms with E-state index in [1.54, 1.807) is 0 Å². The lowest BCUT2D eigenvalue weighted by Crippen LogP contribution is -2.11. The second kappa shape index (κ2) is 10.0. The third kappa shape index (κ3) is 16.8. The van der Waals surface area contributed by atoms with Crippen molar-refractivity contribution in [3.63, 3.8) is 0 Å². The first kappa shape index (κ1) is 10.8. The van der Waals surface area contributed by atoms with E-state index in [1.165, 1.54) is 20.0 Å². The van der Waals surface area contributed by atoms with Crippen molar-refractivity contribution in [1.29, 1.82) is 0 Å². The molecule has 0 aliphatic carbocycles. The van der Waals surface area contributed by atoms with Gasteiger partial charge in [-0.2, -0.15) is 0 Å². The minimum atomic E-state index is 1.21. The number of rotatable bonds is 2. The van der Waals surface area contributed by atoms with Gasteiger partial charge >= 0.3 is 0 Å². The van der Waals surface area contributed by atoms with Crippen LogP contribution < -0.4 is 5.73 Å². The van der Waals surface area contributed by atoms with Gasteiger partial charge in [0.1, 0.15) is 0 Å². The van der Waals surface area contributed by atoms with Gasteiger partial charge < -0.3 is 10.6 Å². The van der Waals surface area contributed by atoms with Gasteiger partial charge in [-0.25, -0.2) is 0 Å². The van der Waals surface area contributed by atoms with E-state index in [-0.39, 0.29) is 0 Å². The van der Waals surface area contributed by atoms with Crippen LogP contribution in [0.2, 0.25) is 0 Å². The summed E-state index contributed by atoms with van der Waals surface area (Å²) in [6.07, 6.45) is 1.26. The van der Waals surface area contributed by atoms with Gasteiger partial charge in [0.15, 0.2) is 0 Å². The highest BCUT2D eigenvalue weighted by Gasteiger charge is 1.79. The summed E-state index contributed by atoms with van der Waals surface area (Å²) in [5.74, 6) is 0. The average molecular weight is 118 g/mol. The minimum absolute atomic E-state index is 1.21. The number of hydrogen-bond donors (Lipinski definition) is 1. The third-order valence-electron chi connectivity index (χ3n) is 0.671. The molecule has 0 fully saturated rings. The largest absolute Gasteiger partial charge is 0.333 e. The van der Waals surface area contributed by atoms with Crippen molar-refractivity contribution < 1.29 is 0 Å². The van der Waals surface area contributed by atoms with E-state index in [9.17, 15) is 0 Å². The highest BCUT2D eigenvalue weighted by atomic mass is 15.0. The maximum absolute atomic E-state index is 4.50. The second-order valence-corrected chi connectivity index (χ2v) is 1.80. The molecular formula is C6H18N2. The van der Waals surface area contributed by atoms with E-state index >= 15 is 0 Å². The van der Waals surface area contributed by atoms with E-state index < -0.39 is 0 Å². The highest BCUT2D eigenvalue weighted by Crippen LogP contribution is 1.76. The topological polar surface area (TPSA) is 29.3 Å². The summed E-state index contributed by atoms with van der Waals surface area (Å²) < 4.78 is 0. The quantitative estimate of drug-likeness (QED) is 0.573. The molecule has 2 N–H and O–H groups in total. The molecular weight excluding hydrogens is 100 g/mol. The van der Waals surface area contributed by atoms with Crippen LogP contribution in [-0.2, 0) is 0 Å². The maximum atomic E-state index is 4.50. The lowest BCUT2D eigenvalue weighted by atomic mass is 10.5.